The highest BCUT2D eigenvalue weighted by atomic mass is 16.8. The standard InChI is InChI=1S/C16H13NO7/c1-22-15(18)9-5-4-8-12-13(9)17(20,21)11-7-3-6-10(14(11)24-12)16(19)23-2/h3-8,20H,1-2H3. The molecular formula is C16H13NO7. The molecule has 1 unspecified atom stereocenters. The van der Waals surface area contributed by atoms with E-state index in [9.17, 15) is 20.0 Å². The zero-order chi connectivity index (χ0) is 17.5. The second-order valence-corrected chi connectivity index (χ2v) is 4.97. The first kappa shape index (κ1) is 15.9. The highest BCUT2D eigenvalue weighted by molar-refractivity contribution is 6.00. The number of rotatable bonds is 2. The van der Waals surface area contributed by atoms with E-state index in [-0.39, 0.29) is 34.0 Å². The molecule has 0 aliphatic carbocycles. The van der Waals surface area contributed by atoms with E-state index in [1.165, 1.54) is 43.5 Å². The Labute approximate surface area is 136 Å². The predicted molar refractivity (Wildman–Crippen MR) is 82.2 cm³/mol. The number of para-hydroxylation sites is 2. The third kappa shape index (κ3) is 2.21. The number of nitrogens with zero attached hydrogens (tertiary/aromatic N) is 1. The zero-order valence-electron chi connectivity index (χ0n) is 12.8. The van der Waals surface area contributed by atoms with Crippen molar-refractivity contribution in [2.24, 2.45) is 0 Å². The van der Waals surface area contributed by atoms with E-state index >= 15 is 0 Å². The van der Waals surface area contributed by atoms with Gasteiger partial charge in [0.15, 0.2) is 5.75 Å². The number of ether oxygens (including phenoxy) is 3. The van der Waals surface area contributed by atoms with Gasteiger partial charge < -0.3 is 19.4 Å². The van der Waals surface area contributed by atoms with Crippen molar-refractivity contribution < 1.29 is 29.0 Å². The summed E-state index contributed by atoms with van der Waals surface area (Å²) in [6.45, 7) is 0. The molecule has 3 rings (SSSR count). The second-order valence-electron chi connectivity index (χ2n) is 4.97. The number of carbonyl (C=O) groups excluding carboxylic acids is 2. The minimum atomic E-state index is -2.01. The molecule has 0 spiro atoms. The first-order valence-corrected chi connectivity index (χ1v) is 6.86. The number of benzene rings is 2. The maximum atomic E-state index is 12.9. The lowest BCUT2D eigenvalue weighted by Gasteiger charge is -2.38. The fourth-order valence-corrected chi connectivity index (χ4v) is 2.56. The van der Waals surface area contributed by atoms with Crippen LogP contribution in [-0.4, -0.2) is 31.4 Å². The smallest absolute Gasteiger partial charge is 0.344 e. The quantitative estimate of drug-likeness (QED) is 0.512. The summed E-state index contributed by atoms with van der Waals surface area (Å²) in [6.07, 6.45) is 0. The average Bonchev–Trinajstić information content (AvgIpc) is 2.59. The molecule has 0 saturated heterocycles. The van der Waals surface area contributed by atoms with Gasteiger partial charge in [-0.25, -0.2) is 14.8 Å². The number of fused-ring (bicyclic) bond motifs is 2. The van der Waals surface area contributed by atoms with Gasteiger partial charge in [0, 0.05) is 6.07 Å². The van der Waals surface area contributed by atoms with Crippen LogP contribution in [0.15, 0.2) is 36.4 Å². The Morgan fingerprint density at radius 3 is 2.29 bits per heavy atom. The zero-order valence-corrected chi connectivity index (χ0v) is 12.8. The van der Waals surface area contributed by atoms with Crippen LogP contribution in [0, 0.1) is 5.21 Å². The van der Waals surface area contributed by atoms with E-state index in [1.807, 2.05) is 0 Å². The average molecular weight is 331 g/mol. The van der Waals surface area contributed by atoms with E-state index in [2.05, 4.69) is 9.47 Å². The van der Waals surface area contributed by atoms with Gasteiger partial charge in [0.2, 0.25) is 17.1 Å². The maximum absolute atomic E-state index is 12.9. The van der Waals surface area contributed by atoms with Crippen LogP contribution in [-0.2, 0) is 9.47 Å². The molecule has 0 bridgehead atoms. The molecule has 0 amide bonds. The topological polar surface area (TPSA) is 105 Å². The molecule has 1 N–H and O–H groups in total. The van der Waals surface area contributed by atoms with Gasteiger partial charge in [-0.05, 0) is 18.2 Å². The summed E-state index contributed by atoms with van der Waals surface area (Å²) in [6, 6.07) is 8.31. The van der Waals surface area contributed by atoms with Crippen LogP contribution < -0.4 is 9.55 Å². The number of methoxy groups -OCH3 is 2. The van der Waals surface area contributed by atoms with Crippen molar-refractivity contribution >= 4 is 23.3 Å². The van der Waals surface area contributed by atoms with Crippen molar-refractivity contribution in [3.05, 3.63) is 52.7 Å². The van der Waals surface area contributed by atoms with Gasteiger partial charge in [-0.15, -0.1) is 4.81 Å². The van der Waals surface area contributed by atoms with Gasteiger partial charge in [-0.2, -0.15) is 0 Å². The molecular weight excluding hydrogens is 318 g/mol. The van der Waals surface area contributed by atoms with E-state index in [0.29, 0.717) is 0 Å². The Morgan fingerprint density at radius 1 is 1.04 bits per heavy atom. The highest BCUT2D eigenvalue weighted by Gasteiger charge is 2.41. The van der Waals surface area contributed by atoms with Crippen LogP contribution in [0.25, 0.3) is 0 Å². The molecule has 1 aliphatic rings. The van der Waals surface area contributed by atoms with E-state index in [0.717, 1.165) is 7.11 Å². The lowest BCUT2D eigenvalue weighted by Crippen LogP contribution is -2.37. The fourth-order valence-electron chi connectivity index (χ4n) is 2.56. The largest absolute Gasteiger partial charge is 0.588 e. The number of carbonyl (C=O) groups is 2. The number of hydrogen-bond donors (Lipinski definition) is 1. The minimum Gasteiger partial charge on any atom is -0.588 e. The Morgan fingerprint density at radius 2 is 1.62 bits per heavy atom. The van der Waals surface area contributed by atoms with Gasteiger partial charge in [0.1, 0.15) is 11.1 Å². The Kier molecular flexibility index (Phi) is 3.72. The summed E-state index contributed by atoms with van der Waals surface area (Å²) >= 11 is 0. The molecule has 0 radical (unpaired) electrons. The Balaban J connectivity index is 2.27. The maximum Gasteiger partial charge on any atom is 0.344 e. The minimum absolute atomic E-state index is 0.0171. The van der Waals surface area contributed by atoms with Crippen molar-refractivity contribution in [1.82, 2.24) is 4.81 Å². The third-order valence-electron chi connectivity index (χ3n) is 3.65. The van der Waals surface area contributed by atoms with Gasteiger partial charge in [0.05, 0.1) is 14.2 Å². The van der Waals surface area contributed by atoms with E-state index in [4.69, 9.17) is 4.74 Å². The van der Waals surface area contributed by atoms with Crippen LogP contribution in [0.4, 0.5) is 11.4 Å². The van der Waals surface area contributed by atoms with Gasteiger partial charge in [0.25, 0.3) is 0 Å². The number of esters is 2. The summed E-state index contributed by atoms with van der Waals surface area (Å²) < 4.78 is 14.9. The van der Waals surface area contributed by atoms with Crippen LogP contribution >= 0.6 is 0 Å². The SMILES string of the molecule is COC(=O)c1cccc2c1Oc1cccc(C(=O)OC)c1[N+]2([O-])O. The molecule has 0 saturated carbocycles. The monoisotopic (exact) mass is 331 g/mol. The molecule has 0 fully saturated rings. The molecule has 2 aromatic carbocycles. The predicted octanol–water partition coefficient (Wildman–Crippen LogP) is 2.89. The van der Waals surface area contributed by atoms with Crippen molar-refractivity contribution in [2.75, 3.05) is 14.2 Å². The van der Waals surface area contributed by atoms with Gasteiger partial charge in [-0.3, -0.25) is 0 Å². The molecule has 8 nitrogen and oxygen atoms in total. The Hall–Kier alpha value is -2.94. The van der Waals surface area contributed by atoms with Gasteiger partial charge >= 0.3 is 11.9 Å². The van der Waals surface area contributed by atoms with E-state index < -0.39 is 16.7 Å². The van der Waals surface area contributed by atoms with Crippen molar-refractivity contribution in [3.63, 3.8) is 0 Å². The summed E-state index contributed by atoms with van der Waals surface area (Å²) in [5.41, 5.74) is -0.723. The molecule has 1 atom stereocenters. The summed E-state index contributed by atoms with van der Waals surface area (Å²) in [4.78, 5) is 21.7. The fraction of sp³-hybridized carbons (Fsp3) is 0.125. The lowest BCUT2D eigenvalue weighted by molar-refractivity contribution is 0.0172. The van der Waals surface area contributed by atoms with E-state index in [1.54, 1.807) is 0 Å². The van der Waals surface area contributed by atoms with Crippen LogP contribution in [0.1, 0.15) is 20.7 Å². The normalized spacial score (nSPS) is 18.0. The molecule has 2 aromatic rings. The summed E-state index contributed by atoms with van der Waals surface area (Å²) in [5.74, 6) is -1.70. The summed E-state index contributed by atoms with van der Waals surface area (Å²) in [5, 5.41) is 23.5. The molecule has 0 aromatic heterocycles. The molecule has 8 heteroatoms. The number of hydrogen-bond acceptors (Lipinski definition) is 7. The van der Waals surface area contributed by atoms with Crippen LogP contribution in [0.2, 0.25) is 0 Å². The Bertz CT molecular complexity index is 844. The van der Waals surface area contributed by atoms with Crippen LogP contribution in [0.3, 0.4) is 0 Å². The molecule has 24 heavy (non-hydrogen) atoms. The first-order chi connectivity index (χ1) is 11.4. The van der Waals surface area contributed by atoms with Crippen LogP contribution in [0.5, 0.6) is 11.5 Å². The number of quaternary nitrogens is 1. The summed E-state index contributed by atoms with van der Waals surface area (Å²) in [7, 11) is 2.34. The molecule has 1 heterocycles. The highest BCUT2D eigenvalue weighted by Crippen LogP contribution is 2.52. The van der Waals surface area contributed by atoms with Crippen molar-refractivity contribution in [3.8, 4) is 11.5 Å². The third-order valence-corrected chi connectivity index (χ3v) is 3.65. The second kappa shape index (κ2) is 5.60. The van der Waals surface area contributed by atoms with Crippen molar-refractivity contribution in [2.45, 2.75) is 0 Å². The van der Waals surface area contributed by atoms with Crippen molar-refractivity contribution in [1.29, 1.82) is 0 Å². The first-order valence-electron chi connectivity index (χ1n) is 6.86. The lowest BCUT2D eigenvalue weighted by atomic mass is 10.1. The molecule has 124 valence electrons. The van der Waals surface area contributed by atoms with Gasteiger partial charge in [-0.1, -0.05) is 12.1 Å². The molecule has 1 aliphatic heterocycles.